The molecule has 0 atom stereocenters. The molecule has 0 saturated heterocycles. The molecular weight excluding hydrogens is 186 g/mol. The van der Waals surface area contributed by atoms with Crippen LogP contribution in [-0.4, -0.2) is 6.04 Å². The number of rotatable bonds is 1. The van der Waals surface area contributed by atoms with Crippen LogP contribution in [0.15, 0.2) is 36.7 Å². The predicted molar refractivity (Wildman–Crippen MR) is 60.9 cm³/mol. The highest BCUT2D eigenvalue weighted by molar-refractivity contribution is 5.62. The summed E-state index contributed by atoms with van der Waals surface area (Å²) >= 11 is 0. The fourth-order valence-corrected chi connectivity index (χ4v) is 2.52. The van der Waals surface area contributed by atoms with E-state index < -0.39 is 0 Å². The van der Waals surface area contributed by atoms with Crippen molar-refractivity contribution in [3.63, 3.8) is 0 Å². The first kappa shape index (κ1) is 8.84. The first-order valence-electron chi connectivity index (χ1n) is 5.66. The highest BCUT2D eigenvalue weighted by Gasteiger charge is 2.24. The lowest BCUT2D eigenvalue weighted by Crippen LogP contribution is -2.29. The van der Waals surface area contributed by atoms with Crippen LogP contribution in [0.3, 0.4) is 0 Å². The number of anilines is 1. The Hall–Kier alpha value is -1.44. The van der Waals surface area contributed by atoms with Gasteiger partial charge in [-0.15, -0.1) is 0 Å². The molecule has 1 aromatic carbocycles. The minimum Gasteiger partial charge on any atom is -0.461 e. The molecule has 0 spiro atoms. The van der Waals surface area contributed by atoms with Crippen molar-refractivity contribution >= 4 is 5.69 Å². The van der Waals surface area contributed by atoms with Gasteiger partial charge in [-0.2, -0.15) is 0 Å². The van der Waals surface area contributed by atoms with E-state index in [1.807, 2.05) is 12.1 Å². The topological polar surface area (TPSA) is 12.5 Å². The fourth-order valence-electron chi connectivity index (χ4n) is 2.52. The van der Waals surface area contributed by atoms with E-state index in [1.165, 1.54) is 31.4 Å². The third-order valence-electron chi connectivity index (χ3n) is 3.28. The molecular formula is C13H15NO. The lowest BCUT2D eigenvalue weighted by atomic mass is 10.1. The van der Waals surface area contributed by atoms with Crippen molar-refractivity contribution in [2.45, 2.75) is 31.7 Å². The van der Waals surface area contributed by atoms with Crippen LogP contribution in [0.4, 0.5) is 5.69 Å². The first-order chi connectivity index (χ1) is 7.45. The molecule has 0 radical (unpaired) electrons. The normalized spacial score (nSPS) is 20.1. The maximum absolute atomic E-state index is 5.49. The molecule has 2 heteroatoms. The van der Waals surface area contributed by atoms with Gasteiger partial charge < -0.3 is 9.64 Å². The molecule has 3 rings (SSSR count). The second-order valence-corrected chi connectivity index (χ2v) is 4.22. The Kier molecular flexibility index (Phi) is 2.13. The van der Waals surface area contributed by atoms with Crippen molar-refractivity contribution in [1.82, 2.24) is 0 Å². The first-order valence-corrected chi connectivity index (χ1v) is 5.66. The second-order valence-electron chi connectivity index (χ2n) is 4.22. The van der Waals surface area contributed by atoms with E-state index >= 15 is 0 Å². The molecule has 0 amide bonds. The average Bonchev–Trinajstić information content (AvgIpc) is 2.82. The quantitative estimate of drug-likeness (QED) is 0.691. The largest absolute Gasteiger partial charge is 0.461 e. The Balaban J connectivity index is 1.95. The van der Waals surface area contributed by atoms with E-state index in [0.717, 1.165) is 5.75 Å². The summed E-state index contributed by atoms with van der Waals surface area (Å²) in [6, 6.07) is 8.93. The molecule has 1 heterocycles. The summed E-state index contributed by atoms with van der Waals surface area (Å²) in [5.74, 6) is 0.979. The number of nitrogens with zero attached hydrogens (tertiary/aromatic N) is 1. The summed E-state index contributed by atoms with van der Waals surface area (Å²) in [6.45, 7) is 0. The molecule has 1 aromatic rings. The van der Waals surface area contributed by atoms with Crippen molar-refractivity contribution in [3.8, 4) is 5.75 Å². The standard InChI is InChI=1S/C13H15NO/c1-2-6-11(5-1)14-9-10-15-13-8-4-3-7-12(13)14/h3-4,7-11H,1-2,5-6H2. The molecule has 0 bridgehead atoms. The molecule has 0 aromatic heterocycles. The predicted octanol–water partition coefficient (Wildman–Crippen LogP) is 3.30. The van der Waals surface area contributed by atoms with Crippen molar-refractivity contribution in [3.05, 3.63) is 36.7 Å². The molecule has 1 fully saturated rings. The lowest BCUT2D eigenvalue weighted by molar-refractivity contribution is 0.462. The molecule has 15 heavy (non-hydrogen) atoms. The van der Waals surface area contributed by atoms with E-state index in [2.05, 4.69) is 23.2 Å². The Morgan fingerprint density at radius 1 is 1.13 bits per heavy atom. The van der Waals surface area contributed by atoms with Gasteiger partial charge >= 0.3 is 0 Å². The molecule has 1 saturated carbocycles. The summed E-state index contributed by atoms with van der Waals surface area (Å²) in [5, 5.41) is 0. The maximum atomic E-state index is 5.49. The van der Waals surface area contributed by atoms with Crippen LogP contribution < -0.4 is 9.64 Å². The molecule has 0 unspecified atom stereocenters. The highest BCUT2D eigenvalue weighted by Crippen LogP contribution is 2.36. The van der Waals surface area contributed by atoms with Gasteiger partial charge in [0.05, 0.1) is 5.69 Å². The van der Waals surface area contributed by atoms with E-state index in [-0.39, 0.29) is 0 Å². The zero-order valence-corrected chi connectivity index (χ0v) is 8.73. The molecule has 0 N–H and O–H groups in total. The van der Waals surface area contributed by atoms with E-state index in [1.54, 1.807) is 6.26 Å². The van der Waals surface area contributed by atoms with Crippen LogP contribution in [0.1, 0.15) is 25.7 Å². The third-order valence-corrected chi connectivity index (χ3v) is 3.28. The second kappa shape index (κ2) is 3.61. The summed E-state index contributed by atoms with van der Waals surface area (Å²) in [7, 11) is 0. The van der Waals surface area contributed by atoms with Crippen LogP contribution >= 0.6 is 0 Å². The molecule has 78 valence electrons. The highest BCUT2D eigenvalue weighted by atomic mass is 16.5. The van der Waals surface area contributed by atoms with Crippen LogP contribution in [0.25, 0.3) is 0 Å². The number of fused-ring (bicyclic) bond motifs is 1. The fraction of sp³-hybridized carbons (Fsp3) is 0.385. The van der Waals surface area contributed by atoms with E-state index in [9.17, 15) is 0 Å². The molecule has 2 nitrogen and oxygen atoms in total. The minimum absolute atomic E-state index is 0.672. The number of ether oxygens (including phenoxy) is 1. The van der Waals surface area contributed by atoms with E-state index in [0.29, 0.717) is 6.04 Å². The van der Waals surface area contributed by atoms with Gasteiger partial charge in [0.1, 0.15) is 12.0 Å². The van der Waals surface area contributed by atoms with Gasteiger partial charge in [-0.05, 0) is 25.0 Å². The van der Waals surface area contributed by atoms with Gasteiger partial charge in [-0.3, -0.25) is 0 Å². The van der Waals surface area contributed by atoms with Gasteiger partial charge in [0, 0.05) is 12.2 Å². The smallest absolute Gasteiger partial charge is 0.150 e. The SMILES string of the molecule is C1=CN(C2CCCC2)c2ccccc2O1. The van der Waals surface area contributed by atoms with Crippen LogP contribution in [-0.2, 0) is 0 Å². The third kappa shape index (κ3) is 1.50. The Labute approximate surface area is 90.2 Å². The van der Waals surface area contributed by atoms with Crippen molar-refractivity contribution in [2.24, 2.45) is 0 Å². The number of hydrogen-bond donors (Lipinski definition) is 0. The molecule has 2 aliphatic rings. The van der Waals surface area contributed by atoms with Gasteiger partial charge in [-0.1, -0.05) is 25.0 Å². The van der Waals surface area contributed by atoms with Crippen molar-refractivity contribution in [2.75, 3.05) is 4.90 Å². The maximum Gasteiger partial charge on any atom is 0.150 e. The van der Waals surface area contributed by atoms with Crippen LogP contribution in [0, 0.1) is 0 Å². The zero-order chi connectivity index (χ0) is 10.1. The summed E-state index contributed by atoms with van der Waals surface area (Å²) in [4.78, 5) is 2.37. The zero-order valence-electron chi connectivity index (χ0n) is 8.73. The van der Waals surface area contributed by atoms with Gasteiger partial charge in [-0.25, -0.2) is 0 Å². The van der Waals surface area contributed by atoms with Crippen molar-refractivity contribution < 1.29 is 4.74 Å². The average molecular weight is 201 g/mol. The van der Waals surface area contributed by atoms with Crippen LogP contribution in [0.5, 0.6) is 5.75 Å². The monoisotopic (exact) mass is 201 g/mol. The van der Waals surface area contributed by atoms with E-state index in [4.69, 9.17) is 4.74 Å². The summed E-state index contributed by atoms with van der Waals surface area (Å²) in [6.07, 6.45) is 9.19. The Morgan fingerprint density at radius 2 is 1.93 bits per heavy atom. The Bertz CT molecular complexity index is 380. The Morgan fingerprint density at radius 3 is 2.80 bits per heavy atom. The number of hydrogen-bond acceptors (Lipinski definition) is 2. The number of para-hydroxylation sites is 2. The molecule has 1 aliphatic heterocycles. The van der Waals surface area contributed by atoms with Gasteiger partial charge in [0.2, 0.25) is 0 Å². The summed E-state index contributed by atoms with van der Waals surface area (Å²) < 4.78 is 5.49. The van der Waals surface area contributed by atoms with Gasteiger partial charge in [0.15, 0.2) is 0 Å². The van der Waals surface area contributed by atoms with Crippen LogP contribution in [0.2, 0.25) is 0 Å². The van der Waals surface area contributed by atoms with Crippen molar-refractivity contribution in [1.29, 1.82) is 0 Å². The lowest BCUT2D eigenvalue weighted by Gasteiger charge is -2.31. The summed E-state index contributed by atoms with van der Waals surface area (Å²) in [5.41, 5.74) is 1.21. The van der Waals surface area contributed by atoms with Gasteiger partial charge in [0.25, 0.3) is 0 Å². The number of benzene rings is 1. The molecule has 1 aliphatic carbocycles. The minimum atomic E-state index is 0.672.